The van der Waals surface area contributed by atoms with E-state index in [1.807, 2.05) is 31.2 Å². The molecule has 0 aliphatic heterocycles. The van der Waals surface area contributed by atoms with Gasteiger partial charge in [-0.25, -0.2) is 0 Å². The van der Waals surface area contributed by atoms with E-state index in [9.17, 15) is 4.79 Å². The Balaban J connectivity index is 1.83. The number of hydrogen-bond donors (Lipinski definition) is 0. The van der Waals surface area contributed by atoms with Gasteiger partial charge in [-0.3, -0.25) is 4.79 Å². The van der Waals surface area contributed by atoms with E-state index in [0.717, 1.165) is 11.3 Å². The summed E-state index contributed by atoms with van der Waals surface area (Å²) in [6, 6.07) is 11.2. The van der Waals surface area contributed by atoms with Crippen molar-refractivity contribution in [3.63, 3.8) is 0 Å². The maximum absolute atomic E-state index is 11.9. The highest BCUT2D eigenvalue weighted by Gasteiger charge is 2.13. The predicted octanol–water partition coefficient (Wildman–Crippen LogP) is 2.74. The van der Waals surface area contributed by atoms with Crippen molar-refractivity contribution in [2.24, 2.45) is 0 Å². The van der Waals surface area contributed by atoms with Crippen LogP contribution in [0.5, 0.6) is 5.75 Å². The number of ether oxygens (including phenoxy) is 1. The number of carbonyl (C=O) groups excluding carboxylic acids is 1. The van der Waals surface area contributed by atoms with Gasteiger partial charge in [-0.1, -0.05) is 18.2 Å². The second-order valence-corrected chi connectivity index (χ2v) is 4.32. The first-order valence-electron chi connectivity index (χ1n) is 6.16. The summed E-state index contributed by atoms with van der Waals surface area (Å²) < 4.78 is 10.7. The number of aryl methyl sites for hydroxylation is 1. The van der Waals surface area contributed by atoms with Crippen LogP contribution < -0.4 is 4.74 Å². The van der Waals surface area contributed by atoms with Crippen molar-refractivity contribution in [1.82, 2.24) is 4.90 Å². The predicted molar refractivity (Wildman–Crippen MR) is 72.3 cm³/mol. The monoisotopic (exact) mass is 259 g/mol. The largest absolute Gasteiger partial charge is 0.491 e. The van der Waals surface area contributed by atoms with Gasteiger partial charge in [0.1, 0.15) is 12.4 Å². The average molecular weight is 259 g/mol. The molecule has 0 spiro atoms. The average Bonchev–Trinajstić information content (AvgIpc) is 2.94. The molecule has 100 valence electrons. The van der Waals surface area contributed by atoms with E-state index >= 15 is 0 Å². The molecule has 1 aromatic heterocycles. The van der Waals surface area contributed by atoms with Gasteiger partial charge in [0.25, 0.3) is 5.91 Å². The lowest BCUT2D eigenvalue weighted by atomic mass is 10.2. The lowest BCUT2D eigenvalue weighted by Gasteiger charge is -2.16. The normalized spacial score (nSPS) is 10.2. The summed E-state index contributed by atoms with van der Waals surface area (Å²) in [7, 11) is 1.73. The molecule has 0 saturated heterocycles. The van der Waals surface area contributed by atoms with Crippen LogP contribution in [-0.2, 0) is 0 Å². The molecule has 4 nitrogen and oxygen atoms in total. The van der Waals surface area contributed by atoms with Crippen LogP contribution in [0.1, 0.15) is 16.1 Å². The minimum atomic E-state index is -0.140. The van der Waals surface area contributed by atoms with Gasteiger partial charge in [-0.05, 0) is 30.7 Å². The minimum Gasteiger partial charge on any atom is -0.491 e. The van der Waals surface area contributed by atoms with Crippen LogP contribution in [0.3, 0.4) is 0 Å². The molecule has 1 aromatic carbocycles. The number of carbonyl (C=O) groups is 1. The SMILES string of the molecule is Cc1ccccc1OCCN(C)C(=O)c1ccco1. The second-order valence-electron chi connectivity index (χ2n) is 4.32. The van der Waals surface area contributed by atoms with Crippen molar-refractivity contribution in [2.75, 3.05) is 20.2 Å². The molecular weight excluding hydrogens is 242 g/mol. The zero-order valence-corrected chi connectivity index (χ0v) is 11.1. The Morgan fingerprint density at radius 3 is 2.74 bits per heavy atom. The number of furan rings is 1. The van der Waals surface area contributed by atoms with Crippen LogP contribution in [0.15, 0.2) is 47.1 Å². The summed E-state index contributed by atoms with van der Waals surface area (Å²) in [5.41, 5.74) is 1.09. The van der Waals surface area contributed by atoms with Crippen molar-refractivity contribution in [3.8, 4) is 5.75 Å². The highest BCUT2D eigenvalue weighted by molar-refractivity contribution is 5.91. The van der Waals surface area contributed by atoms with Gasteiger partial charge in [0, 0.05) is 7.05 Å². The lowest BCUT2D eigenvalue weighted by molar-refractivity contribution is 0.0742. The van der Waals surface area contributed by atoms with Gasteiger partial charge < -0.3 is 14.1 Å². The minimum absolute atomic E-state index is 0.140. The van der Waals surface area contributed by atoms with E-state index in [4.69, 9.17) is 9.15 Å². The summed E-state index contributed by atoms with van der Waals surface area (Å²) in [6.45, 7) is 2.95. The number of likely N-dealkylation sites (N-methyl/N-ethyl adjacent to an activating group) is 1. The van der Waals surface area contributed by atoms with Crippen molar-refractivity contribution in [2.45, 2.75) is 6.92 Å². The fraction of sp³-hybridized carbons (Fsp3) is 0.267. The fourth-order valence-electron chi connectivity index (χ4n) is 1.70. The smallest absolute Gasteiger partial charge is 0.289 e. The van der Waals surface area contributed by atoms with E-state index in [-0.39, 0.29) is 5.91 Å². The summed E-state index contributed by atoms with van der Waals surface area (Å²) in [4.78, 5) is 13.5. The third-order valence-corrected chi connectivity index (χ3v) is 2.86. The highest BCUT2D eigenvalue weighted by Crippen LogP contribution is 2.15. The van der Waals surface area contributed by atoms with Gasteiger partial charge in [0.2, 0.25) is 0 Å². The Morgan fingerprint density at radius 1 is 1.26 bits per heavy atom. The zero-order chi connectivity index (χ0) is 13.7. The van der Waals surface area contributed by atoms with Gasteiger partial charge >= 0.3 is 0 Å². The molecule has 0 radical (unpaired) electrons. The summed E-state index contributed by atoms with van der Waals surface area (Å²) in [6.07, 6.45) is 1.49. The van der Waals surface area contributed by atoms with Gasteiger partial charge in [-0.2, -0.15) is 0 Å². The Hall–Kier alpha value is -2.23. The van der Waals surface area contributed by atoms with Crippen LogP contribution >= 0.6 is 0 Å². The van der Waals surface area contributed by atoms with Crippen molar-refractivity contribution in [3.05, 3.63) is 54.0 Å². The molecule has 4 heteroatoms. The van der Waals surface area contributed by atoms with Gasteiger partial charge in [0.05, 0.1) is 12.8 Å². The van der Waals surface area contributed by atoms with E-state index in [2.05, 4.69) is 0 Å². The zero-order valence-electron chi connectivity index (χ0n) is 11.1. The number of rotatable bonds is 5. The molecular formula is C15H17NO3. The van der Waals surface area contributed by atoms with Crippen molar-refractivity contribution in [1.29, 1.82) is 0 Å². The number of amides is 1. The maximum Gasteiger partial charge on any atom is 0.289 e. The van der Waals surface area contributed by atoms with Crippen LogP contribution in [0, 0.1) is 6.92 Å². The van der Waals surface area contributed by atoms with Crippen LogP contribution in [0.25, 0.3) is 0 Å². The summed E-state index contributed by atoms with van der Waals surface area (Å²) >= 11 is 0. The number of nitrogens with zero attached hydrogens (tertiary/aromatic N) is 1. The highest BCUT2D eigenvalue weighted by atomic mass is 16.5. The third kappa shape index (κ3) is 3.37. The summed E-state index contributed by atoms with van der Waals surface area (Å²) in [5.74, 6) is 1.05. The quantitative estimate of drug-likeness (QED) is 0.829. The molecule has 0 unspecified atom stereocenters. The molecule has 0 N–H and O–H groups in total. The van der Waals surface area contributed by atoms with E-state index in [0.29, 0.717) is 18.9 Å². The van der Waals surface area contributed by atoms with E-state index < -0.39 is 0 Å². The van der Waals surface area contributed by atoms with Gasteiger partial charge in [0.15, 0.2) is 5.76 Å². The molecule has 0 bridgehead atoms. The molecule has 0 aliphatic rings. The third-order valence-electron chi connectivity index (χ3n) is 2.86. The molecule has 0 fully saturated rings. The second kappa shape index (κ2) is 6.09. The molecule has 19 heavy (non-hydrogen) atoms. The standard InChI is InChI=1S/C15H17NO3/c1-12-6-3-4-7-13(12)19-11-9-16(2)15(17)14-8-5-10-18-14/h3-8,10H,9,11H2,1-2H3. The van der Waals surface area contributed by atoms with E-state index in [1.165, 1.54) is 6.26 Å². The van der Waals surface area contributed by atoms with E-state index in [1.54, 1.807) is 24.1 Å². The van der Waals surface area contributed by atoms with Crippen LogP contribution in [-0.4, -0.2) is 31.0 Å². The molecule has 0 saturated carbocycles. The van der Waals surface area contributed by atoms with Crippen molar-refractivity contribution < 1.29 is 13.9 Å². The van der Waals surface area contributed by atoms with Gasteiger partial charge in [-0.15, -0.1) is 0 Å². The van der Waals surface area contributed by atoms with Crippen molar-refractivity contribution >= 4 is 5.91 Å². The molecule has 0 aliphatic carbocycles. The molecule has 1 amide bonds. The van der Waals surface area contributed by atoms with Crippen LogP contribution in [0.2, 0.25) is 0 Å². The number of benzene rings is 1. The Kier molecular flexibility index (Phi) is 4.23. The molecule has 2 aromatic rings. The molecule has 0 atom stereocenters. The Morgan fingerprint density at radius 2 is 2.05 bits per heavy atom. The number of hydrogen-bond acceptors (Lipinski definition) is 3. The Bertz CT molecular complexity index is 534. The summed E-state index contributed by atoms with van der Waals surface area (Å²) in [5, 5.41) is 0. The molecule has 1 heterocycles. The first kappa shape index (κ1) is 13.2. The first-order valence-corrected chi connectivity index (χ1v) is 6.16. The van der Waals surface area contributed by atoms with Crippen LogP contribution in [0.4, 0.5) is 0 Å². The lowest BCUT2D eigenvalue weighted by Crippen LogP contribution is -2.30. The number of para-hydroxylation sites is 1. The first-order chi connectivity index (χ1) is 9.18. The Labute approximate surface area is 112 Å². The maximum atomic E-state index is 11.9. The molecule has 2 rings (SSSR count). The fourth-order valence-corrected chi connectivity index (χ4v) is 1.70. The topological polar surface area (TPSA) is 42.7 Å².